The first kappa shape index (κ1) is 18.7. The quantitative estimate of drug-likeness (QED) is 0.648. The average Bonchev–Trinajstić information content (AvgIpc) is 2.70. The summed E-state index contributed by atoms with van der Waals surface area (Å²) in [5.74, 6) is 0. The molecule has 0 spiro atoms. The van der Waals surface area contributed by atoms with Crippen molar-refractivity contribution in [2.75, 3.05) is 26.2 Å². The van der Waals surface area contributed by atoms with Gasteiger partial charge in [-0.2, -0.15) is 0 Å². The maximum absolute atomic E-state index is 12.4. The highest BCUT2D eigenvalue weighted by Crippen LogP contribution is 2.26. The molecule has 0 saturated carbocycles. The Morgan fingerprint density at radius 3 is 2.43 bits per heavy atom. The third-order valence-corrected chi connectivity index (χ3v) is 5.84. The molecular weight excluding hydrogens is 422 g/mol. The summed E-state index contributed by atoms with van der Waals surface area (Å²) in [5.41, 5.74) is 2.80. The number of hydrogen-bond donors (Lipinski definition) is 2. The van der Waals surface area contributed by atoms with Crippen molar-refractivity contribution in [3.63, 3.8) is 0 Å². The van der Waals surface area contributed by atoms with E-state index in [1.165, 1.54) is 4.90 Å². The molecule has 1 fully saturated rings. The molecule has 0 unspecified atom stereocenters. The van der Waals surface area contributed by atoms with Gasteiger partial charge in [-0.05, 0) is 29.3 Å². The lowest BCUT2D eigenvalue weighted by molar-refractivity contribution is 0.103. The normalized spacial score (nSPS) is 15.1. The highest BCUT2D eigenvalue weighted by atomic mass is 79.9. The number of aromatic nitrogens is 1. The summed E-state index contributed by atoms with van der Waals surface area (Å²) in [4.78, 5) is 30.1. The average molecular weight is 442 g/mol. The highest BCUT2D eigenvalue weighted by Gasteiger charge is 2.20. The van der Waals surface area contributed by atoms with Gasteiger partial charge < -0.3 is 15.0 Å². The van der Waals surface area contributed by atoms with Crippen molar-refractivity contribution in [1.29, 1.82) is 0 Å². The number of fused-ring (bicyclic) bond motifs is 1. The van der Waals surface area contributed by atoms with E-state index in [1.807, 2.05) is 36.4 Å². The molecule has 28 heavy (non-hydrogen) atoms. The second kappa shape index (κ2) is 7.77. The van der Waals surface area contributed by atoms with Crippen LogP contribution >= 0.6 is 15.9 Å². The summed E-state index contributed by atoms with van der Waals surface area (Å²) in [6, 6.07) is 15.7. The van der Waals surface area contributed by atoms with E-state index in [9.17, 15) is 9.59 Å². The monoisotopic (exact) mass is 441 g/mol. The largest absolute Gasteiger partial charge is 0.465 e. The van der Waals surface area contributed by atoms with Gasteiger partial charge in [0.2, 0.25) is 0 Å². The van der Waals surface area contributed by atoms with E-state index in [0.29, 0.717) is 18.5 Å². The maximum atomic E-state index is 12.4. The van der Waals surface area contributed by atoms with Crippen molar-refractivity contribution in [1.82, 2.24) is 14.8 Å². The number of pyridine rings is 1. The fraction of sp³-hybridized carbons (Fsp3) is 0.238. The topological polar surface area (TPSA) is 76.6 Å². The second-order valence-corrected chi connectivity index (χ2v) is 7.81. The second-order valence-electron chi connectivity index (χ2n) is 6.96. The van der Waals surface area contributed by atoms with E-state index in [2.05, 4.69) is 37.9 Å². The van der Waals surface area contributed by atoms with Crippen LogP contribution in [0.25, 0.3) is 22.0 Å². The molecule has 1 amide bonds. The lowest BCUT2D eigenvalue weighted by Crippen LogP contribution is -2.47. The highest BCUT2D eigenvalue weighted by molar-refractivity contribution is 9.10. The number of amides is 1. The van der Waals surface area contributed by atoms with Gasteiger partial charge in [-0.15, -0.1) is 0 Å². The van der Waals surface area contributed by atoms with Crippen LogP contribution in [0.15, 0.2) is 57.8 Å². The molecule has 0 bridgehead atoms. The van der Waals surface area contributed by atoms with Crippen molar-refractivity contribution in [2.45, 2.75) is 6.54 Å². The third-order valence-electron chi connectivity index (χ3n) is 5.15. The molecule has 0 radical (unpaired) electrons. The van der Waals surface area contributed by atoms with Crippen LogP contribution in [0.2, 0.25) is 0 Å². The number of halogens is 1. The smallest absolute Gasteiger partial charge is 0.407 e. The first-order chi connectivity index (χ1) is 13.5. The van der Waals surface area contributed by atoms with E-state index in [1.54, 1.807) is 0 Å². The molecule has 7 heteroatoms. The number of carbonyl (C=O) groups is 1. The number of piperazine rings is 1. The minimum absolute atomic E-state index is 0.103. The molecule has 1 aliphatic rings. The Balaban J connectivity index is 1.51. The Bertz CT molecular complexity index is 1070. The van der Waals surface area contributed by atoms with E-state index in [4.69, 9.17) is 5.11 Å². The Labute approximate surface area is 170 Å². The van der Waals surface area contributed by atoms with Crippen molar-refractivity contribution in [2.24, 2.45) is 0 Å². The van der Waals surface area contributed by atoms with Gasteiger partial charge in [0.1, 0.15) is 0 Å². The molecule has 2 N–H and O–H groups in total. The Hall–Kier alpha value is -2.64. The van der Waals surface area contributed by atoms with Gasteiger partial charge in [-0.25, -0.2) is 4.79 Å². The molecule has 144 valence electrons. The molecule has 2 heterocycles. The van der Waals surface area contributed by atoms with Crippen molar-refractivity contribution < 1.29 is 9.90 Å². The zero-order valence-corrected chi connectivity index (χ0v) is 16.8. The molecule has 3 aromatic rings. The summed E-state index contributed by atoms with van der Waals surface area (Å²) in [6.07, 6.45) is -0.847. The number of benzene rings is 2. The summed E-state index contributed by atoms with van der Waals surface area (Å²) in [5, 5.41) is 10.6. The van der Waals surface area contributed by atoms with Gasteiger partial charge in [0.05, 0.1) is 0 Å². The zero-order valence-electron chi connectivity index (χ0n) is 15.2. The number of nitrogens with one attached hydrogen (secondary N) is 1. The SMILES string of the molecule is O=C(O)N1CCN(Cc2ccc(-c3cc4c(Br)cccc4c(=O)[nH]3)cc2)CC1. The number of aromatic amines is 1. The minimum Gasteiger partial charge on any atom is -0.465 e. The van der Waals surface area contributed by atoms with Crippen LogP contribution in [-0.4, -0.2) is 52.2 Å². The fourth-order valence-electron chi connectivity index (χ4n) is 3.55. The number of nitrogens with zero attached hydrogens (tertiary/aromatic N) is 2. The van der Waals surface area contributed by atoms with E-state index in [0.717, 1.165) is 46.3 Å². The predicted molar refractivity (Wildman–Crippen MR) is 113 cm³/mol. The van der Waals surface area contributed by atoms with Crippen molar-refractivity contribution in [3.05, 3.63) is 68.9 Å². The lowest BCUT2D eigenvalue weighted by atomic mass is 10.1. The molecule has 0 atom stereocenters. The Kier molecular flexibility index (Phi) is 5.19. The molecule has 0 aliphatic carbocycles. The fourth-order valence-corrected chi connectivity index (χ4v) is 4.03. The summed E-state index contributed by atoms with van der Waals surface area (Å²) in [7, 11) is 0. The first-order valence-electron chi connectivity index (χ1n) is 9.12. The first-order valence-corrected chi connectivity index (χ1v) is 9.91. The van der Waals surface area contributed by atoms with Crippen LogP contribution in [0.1, 0.15) is 5.56 Å². The molecule has 1 aliphatic heterocycles. The number of rotatable bonds is 3. The van der Waals surface area contributed by atoms with Gasteiger partial charge in [0, 0.05) is 53.7 Å². The zero-order chi connectivity index (χ0) is 19.7. The maximum Gasteiger partial charge on any atom is 0.407 e. The van der Waals surface area contributed by atoms with Gasteiger partial charge in [0.15, 0.2) is 0 Å². The van der Waals surface area contributed by atoms with Gasteiger partial charge in [-0.1, -0.05) is 46.3 Å². The number of H-pyrrole nitrogens is 1. The van der Waals surface area contributed by atoms with Gasteiger partial charge in [-0.3, -0.25) is 9.69 Å². The van der Waals surface area contributed by atoms with E-state index in [-0.39, 0.29) is 5.56 Å². The molecule has 1 saturated heterocycles. The van der Waals surface area contributed by atoms with Crippen LogP contribution in [0, 0.1) is 0 Å². The predicted octanol–water partition coefficient (Wildman–Crippen LogP) is 3.75. The van der Waals surface area contributed by atoms with Crippen molar-refractivity contribution in [3.8, 4) is 11.3 Å². The molecule has 2 aromatic carbocycles. The van der Waals surface area contributed by atoms with Crippen LogP contribution in [0.3, 0.4) is 0 Å². The minimum atomic E-state index is -0.847. The number of carboxylic acid groups (broad SMARTS) is 1. The molecular formula is C21H20BrN3O3. The van der Waals surface area contributed by atoms with Gasteiger partial charge in [0.25, 0.3) is 5.56 Å². The Morgan fingerprint density at radius 2 is 1.75 bits per heavy atom. The number of hydrogen-bond acceptors (Lipinski definition) is 3. The summed E-state index contributed by atoms with van der Waals surface area (Å²) >= 11 is 3.52. The molecule has 4 rings (SSSR count). The summed E-state index contributed by atoms with van der Waals surface area (Å²) < 4.78 is 0.898. The van der Waals surface area contributed by atoms with Crippen LogP contribution in [0.4, 0.5) is 4.79 Å². The molecule has 1 aromatic heterocycles. The van der Waals surface area contributed by atoms with Crippen molar-refractivity contribution >= 4 is 32.8 Å². The van der Waals surface area contributed by atoms with E-state index >= 15 is 0 Å². The van der Waals surface area contributed by atoms with Crippen LogP contribution < -0.4 is 5.56 Å². The Morgan fingerprint density at radius 1 is 1.04 bits per heavy atom. The van der Waals surface area contributed by atoms with Gasteiger partial charge >= 0.3 is 6.09 Å². The lowest BCUT2D eigenvalue weighted by Gasteiger charge is -2.33. The summed E-state index contributed by atoms with van der Waals surface area (Å²) in [6.45, 7) is 3.34. The third kappa shape index (κ3) is 3.81. The molecule has 6 nitrogen and oxygen atoms in total. The standard InChI is InChI=1S/C21H20BrN3O3/c22-18-3-1-2-16-17(18)12-19(23-20(16)26)15-6-4-14(5-7-15)13-24-8-10-25(11-9-24)21(27)28/h1-7,12H,8-11,13H2,(H,23,26)(H,27,28). The van der Waals surface area contributed by atoms with E-state index < -0.39 is 6.09 Å². The van der Waals surface area contributed by atoms with Crippen LogP contribution in [0.5, 0.6) is 0 Å². The van der Waals surface area contributed by atoms with Crippen LogP contribution in [-0.2, 0) is 6.54 Å².